The molecule has 0 bridgehead atoms. The number of ether oxygens (including phenoxy) is 1. The molecule has 4 rings (SSSR count). The lowest BCUT2D eigenvalue weighted by atomic mass is 9.96. The van der Waals surface area contributed by atoms with E-state index in [9.17, 15) is 14.0 Å². The van der Waals surface area contributed by atoms with Crippen LogP contribution < -0.4 is 14.9 Å². The molecule has 31 heavy (non-hydrogen) atoms. The fourth-order valence-electron chi connectivity index (χ4n) is 3.50. The zero-order valence-corrected chi connectivity index (χ0v) is 18.7. The van der Waals surface area contributed by atoms with Crippen molar-refractivity contribution in [3.8, 4) is 0 Å². The number of rotatable bonds is 4. The lowest BCUT2D eigenvalue weighted by Crippen LogP contribution is -2.39. The van der Waals surface area contributed by atoms with Gasteiger partial charge < -0.3 is 4.74 Å². The Kier molecular flexibility index (Phi) is 5.93. The Balaban J connectivity index is 1.94. The van der Waals surface area contributed by atoms with Crippen LogP contribution in [-0.2, 0) is 9.53 Å². The minimum Gasteiger partial charge on any atom is -0.466 e. The summed E-state index contributed by atoms with van der Waals surface area (Å²) in [4.78, 5) is 32.1. The molecule has 0 saturated carbocycles. The highest BCUT2D eigenvalue weighted by molar-refractivity contribution is 7.98. The van der Waals surface area contributed by atoms with Crippen LogP contribution in [0.5, 0.6) is 0 Å². The van der Waals surface area contributed by atoms with E-state index in [0.717, 1.165) is 10.5 Å². The Labute approximate surface area is 186 Å². The summed E-state index contributed by atoms with van der Waals surface area (Å²) in [5, 5.41) is 0. The van der Waals surface area contributed by atoms with E-state index < -0.39 is 12.0 Å². The first kappa shape index (κ1) is 21.3. The molecule has 0 N–H and O–H groups in total. The molecular weight excluding hydrogens is 435 g/mol. The summed E-state index contributed by atoms with van der Waals surface area (Å²) in [6, 6.07) is 13.0. The highest BCUT2D eigenvalue weighted by atomic mass is 32.2. The van der Waals surface area contributed by atoms with Gasteiger partial charge in [0.15, 0.2) is 4.80 Å². The first-order valence-electron chi connectivity index (χ1n) is 9.43. The number of carbonyl (C=O) groups is 1. The summed E-state index contributed by atoms with van der Waals surface area (Å²) in [6.07, 6.45) is 3.69. The largest absolute Gasteiger partial charge is 0.466 e. The number of fused-ring (bicyclic) bond motifs is 1. The highest BCUT2D eigenvalue weighted by Gasteiger charge is 2.33. The molecule has 158 valence electrons. The van der Waals surface area contributed by atoms with Crippen LogP contribution in [0.4, 0.5) is 4.39 Å². The number of thiazole rings is 1. The lowest BCUT2D eigenvalue weighted by Gasteiger charge is -2.24. The molecule has 0 saturated heterocycles. The molecule has 0 unspecified atom stereocenters. The van der Waals surface area contributed by atoms with E-state index in [-0.39, 0.29) is 11.4 Å². The van der Waals surface area contributed by atoms with Gasteiger partial charge in [-0.15, -0.1) is 11.8 Å². The van der Waals surface area contributed by atoms with Gasteiger partial charge in [-0.3, -0.25) is 9.36 Å². The fraction of sp³-hybridized carbons (Fsp3) is 0.174. The number of methoxy groups -OCH3 is 1. The maximum atomic E-state index is 13.4. The molecule has 8 heteroatoms. The zero-order chi connectivity index (χ0) is 22.1. The molecule has 0 fully saturated rings. The molecule has 0 spiro atoms. The highest BCUT2D eigenvalue weighted by Crippen LogP contribution is 2.31. The predicted molar refractivity (Wildman–Crippen MR) is 120 cm³/mol. The second-order valence-corrected chi connectivity index (χ2v) is 8.79. The minimum absolute atomic E-state index is 0.263. The van der Waals surface area contributed by atoms with Crippen molar-refractivity contribution in [3.63, 3.8) is 0 Å². The van der Waals surface area contributed by atoms with Crippen LogP contribution in [0.3, 0.4) is 0 Å². The Morgan fingerprint density at radius 3 is 2.48 bits per heavy atom. The number of nitrogens with zero attached hydrogens (tertiary/aromatic N) is 2. The summed E-state index contributed by atoms with van der Waals surface area (Å²) in [5.74, 6) is -0.862. The number of hydrogen-bond acceptors (Lipinski definition) is 6. The Bertz CT molecular complexity index is 1350. The van der Waals surface area contributed by atoms with Crippen molar-refractivity contribution < 1.29 is 13.9 Å². The molecule has 1 aliphatic heterocycles. The van der Waals surface area contributed by atoms with Gasteiger partial charge in [0.2, 0.25) is 0 Å². The van der Waals surface area contributed by atoms with Crippen molar-refractivity contribution in [1.29, 1.82) is 0 Å². The molecule has 2 aromatic carbocycles. The van der Waals surface area contributed by atoms with Gasteiger partial charge in [-0.2, -0.15) is 0 Å². The van der Waals surface area contributed by atoms with Gasteiger partial charge in [0.05, 0.1) is 29.0 Å². The zero-order valence-electron chi connectivity index (χ0n) is 17.1. The van der Waals surface area contributed by atoms with Crippen LogP contribution >= 0.6 is 23.1 Å². The number of thioether (sulfide) groups is 1. The summed E-state index contributed by atoms with van der Waals surface area (Å²) in [5.41, 5.74) is 2.08. The first-order chi connectivity index (χ1) is 14.9. The number of hydrogen-bond donors (Lipinski definition) is 0. The number of aromatic nitrogens is 1. The monoisotopic (exact) mass is 454 g/mol. The van der Waals surface area contributed by atoms with E-state index in [2.05, 4.69) is 4.99 Å². The van der Waals surface area contributed by atoms with E-state index in [1.165, 1.54) is 35.1 Å². The average molecular weight is 455 g/mol. The van der Waals surface area contributed by atoms with E-state index in [1.807, 2.05) is 30.5 Å². The van der Waals surface area contributed by atoms with E-state index in [1.54, 1.807) is 36.9 Å². The van der Waals surface area contributed by atoms with Crippen molar-refractivity contribution in [2.24, 2.45) is 4.99 Å². The van der Waals surface area contributed by atoms with E-state index in [4.69, 9.17) is 4.74 Å². The molecule has 1 aliphatic rings. The molecule has 0 aliphatic carbocycles. The maximum absolute atomic E-state index is 13.4. The van der Waals surface area contributed by atoms with Crippen molar-refractivity contribution >= 4 is 35.1 Å². The van der Waals surface area contributed by atoms with Gasteiger partial charge >= 0.3 is 5.97 Å². The predicted octanol–water partition coefficient (Wildman–Crippen LogP) is 3.27. The second kappa shape index (κ2) is 8.64. The fourth-order valence-corrected chi connectivity index (χ4v) is 4.96. The lowest BCUT2D eigenvalue weighted by molar-refractivity contribution is -0.136. The quantitative estimate of drug-likeness (QED) is 0.449. The number of halogens is 1. The topological polar surface area (TPSA) is 60.7 Å². The normalized spacial score (nSPS) is 16.1. The van der Waals surface area contributed by atoms with Crippen molar-refractivity contribution in [2.75, 3.05) is 13.4 Å². The summed E-state index contributed by atoms with van der Waals surface area (Å²) < 4.78 is 20.2. The van der Waals surface area contributed by atoms with Gasteiger partial charge in [0.25, 0.3) is 5.56 Å². The van der Waals surface area contributed by atoms with Gasteiger partial charge in [0.1, 0.15) is 5.82 Å². The van der Waals surface area contributed by atoms with Gasteiger partial charge in [-0.1, -0.05) is 35.6 Å². The molecule has 3 aromatic rings. The third kappa shape index (κ3) is 4.00. The van der Waals surface area contributed by atoms with Crippen molar-refractivity contribution in [2.45, 2.75) is 17.9 Å². The molecule has 0 radical (unpaired) electrons. The Hall–Kier alpha value is -2.97. The average Bonchev–Trinajstić information content (AvgIpc) is 3.08. The van der Waals surface area contributed by atoms with Gasteiger partial charge in [-0.05, 0) is 54.6 Å². The van der Waals surface area contributed by atoms with Crippen LogP contribution in [0.2, 0.25) is 0 Å². The number of allylic oxidation sites excluding steroid dienone is 1. The molecule has 0 amide bonds. The minimum atomic E-state index is -0.644. The Morgan fingerprint density at radius 1 is 1.19 bits per heavy atom. The number of benzene rings is 2. The maximum Gasteiger partial charge on any atom is 0.338 e. The molecule has 1 aromatic heterocycles. The van der Waals surface area contributed by atoms with Crippen molar-refractivity contribution in [1.82, 2.24) is 4.57 Å². The summed E-state index contributed by atoms with van der Waals surface area (Å²) in [7, 11) is 1.32. The first-order valence-corrected chi connectivity index (χ1v) is 11.5. The van der Waals surface area contributed by atoms with Crippen LogP contribution in [-0.4, -0.2) is 23.9 Å². The van der Waals surface area contributed by atoms with Crippen molar-refractivity contribution in [3.05, 3.63) is 96.4 Å². The second-order valence-electron chi connectivity index (χ2n) is 6.90. The molecular formula is C23H19FN2O3S2. The van der Waals surface area contributed by atoms with Crippen LogP contribution in [0.1, 0.15) is 24.1 Å². The van der Waals surface area contributed by atoms with E-state index >= 15 is 0 Å². The third-order valence-corrected chi connectivity index (χ3v) is 6.75. The molecule has 2 heterocycles. The number of esters is 1. The van der Waals surface area contributed by atoms with E-state index in [0.29, 0.717) is 26.2 Å². The standard InChI is InChI=1S/C23H19FN2O3S2/c1-13-19(22(28)29-2)20(15-6-10-17(30-3)11-7-15)26-21(27)18(31-23(26)25-13)12-14-4-8-16(24)9-5-14/h4-12,20H,1-3H3/b18-12-/t20-/m1/s1. The SMILES string of the molecule is COC(=O)C1=C(C)N=c2s/c(=C\c3ccc(F)cc3)c(=O)n2[C@@H]1c1ccc(SC)cc1. The van der Waals surface area contributed by atoms with Crippen LogP contribution in [0.15, 0.2) is 74.5 Å². The van der Waals surface area contributed by atoms with Gasteiger partial charge in [-0.25, -0.2) is 14.2 Å². The third-order valence-electron chi connectivity index (χ3n) is 5.03. The smallest absolute Gasteiger partial charge is 0.338 e. The van der Waals surface area contributed by atoms with Gasteiger partial charge in [0, 0.05) is 4.90 Å². The summed E-state index contributed by atoms with van der Waals surface area (Å²) in [6.45, 7) is 1.74. The molecule has 5 nitrogen and oxygen atoms in total. The van der Waals surface area contributed by atoms with Crippen LogP contribution in [0, 0.1) is 5.82 Å². The number of carbonyl (C=O) groups excluding carboxylic acids is 1. The molecule has 1 atom stereocenters. The summed E-state index contributed by atoms with van der Waals surface area (Å²) >= 11 is 2.85. The van der Waals surface area contributed by atoms with Crippen LogP contribution in [0.25, 0.3) is 6.08 Å². The Morgan fingerprint density at radius 2 is 1.87 bits per heavy atom.